The van der Waals surface area contributed by atoms with Crippen LogP contribution < -0.4 is 5.32 Å². The van der Waals surface area contributed by atoms with Crippen LogP contribution in [0.3, 0.4) is 0 Å². The van der Waals surface area contributed by atoms with E-state index in [0.717, 1.165) is 5.56 Å². The topological polar surface area (TPSA) is 21.3 Å². The molecule has 0 aliphatic heterocycles. The molecule has 0 amide bonds. The highest BCUT2D eigenvalue weighted by Gasteiger charge is 2.14. The molecule has 0 fully saturated rings. The van der Waals surface area contributed by atoms with Gasteiger partial charge in [0.1, 0.15) is 6.23 Å². The molecule has 0 bridgehead atoms. The number of hydrogen-bond donors (Lipinski definition) is 1. The van der Waals surface area contributed by atoms with Crippen molar-refractivity contribution in [2.45, 2.75) is 32.4 Å². The molecule has 0 heterocycles. The zero-order valence-corrected chi connectivity index (χ0v) is 10.3. The predicted molar refractivity (Wildman–Crippen MR) is 64.0 cm³/mol. The van der Waals surface area contributed by atoms with E-state index in [-0.39, 0.29) is 11.6 Å². The molecule has 2 heteroatoms. The van der Waals surface area contributed by atoms with Crippen molar-refractivity contribution in [2.24, 2.45) is 0 Å². The highest BCUT2D eigenvalue weighted by Crippen LogP contribution is 2.23. The van der Waals surface area contributed by atoms with Gasteiger partial charge in [-0.05, 0) is 23.6 Å². The summed E-state index contributed by atoms with van der Waals surface area (Å²) in [7, 11) is 3.60. The van der Waals surface area contributed by atoms with E-state index in [0.29, 0.717) is 0 Å². The molecule has 15 heavy (non-hydrogen) atoms. The van der Waals surface area contributed by atoms with Crippen molar-refractivity contribution in [1.82, 2.24) is 5.32 Å². The Kier molecular flexibility index (Phi) is 3.89. The molecule has 0 saturated heterocycles. The minimum atomic E-state index is -0.0148. The van der Waals surface area contributed by atoms with Crippen LogP contribution in [0.4, 0.5) is 0 Å². The van der Waals surface area contributed by atoms with Crippen molar-refractivity contribution < 1.29 is 4.74 Å². The molecule has 1 aromatic rings. The van der Waals surface area contributed by atoms with E-state index < -0.39 is 0 Å². The first-order chi connectivity index (χ1) is 6.99. The Labute approximate surface area is 92.6 Å². The van der Waals surface area contributed by atoms with Gasteiger partial charge in [-0.1, -0.05) is 45.0 Å². The molecule has 0 aliphatic carbocycles. The highest BCUT2D eigenvalue weighted by atomic mass is 16.5. The Bertz CT molecular complexity index is 293. The van der Waals surface area contributed by atoms with Gasteiger partial charge in [-0.3, -0.25) is 5.32 Å². The van der Waals surface area contributed by atoms with Crippen molar-refractivity contribution in [1.29, 1.82) is 0 Å². The standard InChI is InChI=1S/C13H21NO/c1-13(2,3)11-8-6-10(7-9-11)12(14-4)15-5/h6-9,12,14H,1-5H3. The fourth-order valence-corrected chi connectivity index (χ4v) is 1.58. The molecule has 84 valence electrons. The molecule has 1 atom stereocenters. The van der Waals surface area contributed by atoms with Gasteiger partial charge in [0.2, 0.25) is 0 Å². The summed E-state index contributed by atoms with van der Waals surface area (Å²) < 4.78 is 5.30. The molecule has 1 N–H and O–H groups in total. The van der Waals surface area contributed by atoms with Gasteiger partial charge in [0.25, 0.3) is 0 Å². The predicted octanol–water partition coefficient (Wildman–Crippen LogP) is 2.85. The average molecular weight is 207 g/mol. The Hall–Kier alpha value is -0.860. The molecular weight excluding hydrogens is 186 g/mol. The molecule has 0 aromatic heterocycles. The van der Waals surface area contributed by atoms with Gasteiger partial charge in [0.05, 0.1) is 0 Å². The second-order valence-electron chi connectivity index (χ2n) is 4.78. The lowest BCUT2D eigenvalue weighted by Gasteiger charge is -2.20. The first kappa shape index (κ1) is 12.2. The summed E-state index contributed by atoms with van der Waals surface area (Å²) in [6.07, 6.45) is -0.0148. The van der Waals surface area contributed by atoms with E-state index >= 15 is 0 Å². The van der Waals surface area contributed by atoms with Gasteiger partial charge in [0, 0.05) is 7.11 Å². The molecule has 0 aliphatic rings. The third-order valence-electron chi connectivity index (χ3n) is 2.58. The Morgan fingerprint density at radius 1 is 1.13 bits per heavy atom. The largest absolute Gasteiger partial charge is 0.362 e. The second-order valence-corrected chi connectivity index (χ2v) is 4.78. The molecule has 0 saturated carbocycles. The van der Waals surface area contributed by atoms with Crippen LogP contribution in [0.5, 0.6) is 0 Å². The van der Waals surface area contributed by atoms with E-state index in [1.54, 1.807) is 7.11 Å². The molecule has 1 aromatic carbocycles. The van der Waals surface area contributed by atoms with Gasteiger partial charge < -0.3 is 4.74 Å². The molecule has 0 spiro atoms. The summed E-state index contributed by atoms with van der Waals surface area (Å²) in [5.41, 5.74) is 2.71. The van der Waals surface area contributed by atoms with Crippen LogP contribution >= 0.6 is 0 Å². The van der Waals surface area contributed by atoms with Crippen molar-refractivity contribution in [2.75, 3.05) is 14.2 Å². The van der Waals surface area contributed by atoms with Crippen LogP contribution in [-0.4, -0.2) is 14.2 Å². The van der Waals surface area contributed by atoms with E-state index in [1.807, 2.05) is 7.05 Å². The van der Waals surface area contributed by atoms with Crippen molar-refractivity contribution in [3.63, 3.8) is 0 Å². The van der Waals surface area contributed by atoms with Crippen molar-refractivity contribution in [3.05, 3.63) is 35.4 Å². The SMILES string of the molecule is CNC(OC)c1ccc(C(C)(C)C)cc1. The summed E-state index contributed by atoms with van der Waals surface area (Å²) in [6, 6.07) is 8.56. The van der Waals surface area contributed by atoms with Crippen LogP contribution in [-0.2, 0) is 10.2 Å². The summed E-state index contributed by atoms with van der Waals surface area (Å²) in [4.78, 5) is 0. The number of rotatable bonds is 3. The van der Waals surface area contributed by atoms with Crippen LogP contribution in [0.25, 0.3) is 0 Å². The smallest absolute Gasteiger partial charge is 0.133 e. The van der Waals surface area contributed by atoms with E-state index in [2.05, 4.69) is 50.4 Å². The first-order valence-electron chi connectivity index (χ1n) is 5.29. The average Bonchev–Trinajstić information content (AvgIpc) is 2.19. The molecule has 1 unspecified atom stereocenters. The van der Waals surface area contributed by atoms with Crippen molar-refractivity contribution in [3.8, 4) is 0 Å². The van der Waals surface area contributed by atoms with Crippen LogP contribution in [0.2, 0.25) is 0 Å². The van der Waals surface area contributed by atoms with Gasteiger partial charge in [-0.15, -0.1) is 0 Å². The summed E-state index contributed by atoms with van der Waals surface area (Å²) in [6.45, 7) is 6.65. The minimum absolute atomic E-state index is 0.0148. The minimum Gasteiger partial charge on any atom is -0.362 e. The quantitative estimate of drug-likeness (QED) is 0.769. The normalized spacial score (nSPS) is 13.9. The Morgan fingerprint density at radius 3 is 2.00 bits per heavy atom. The molecular formula is C13H21NO. The Morgan fingerprint density at radius 2 is 1.67 bits per heavy atom. The number of hydrogen-bond acceptors (Lipinski definition) is 2. The number of nitrogens with one attached hydrogen (secondary N) is 1. The first-order valence-corrected chi connectivity index (χ1v) is 5.29. The van der Waals surface area contributed by atoms with Gasteiger partial charge in [0.15, 0.2) is 0 Å². The third kappa shape index (κ3) is 3.05. The van der Waals surface area contributed by atoms with Crippen LogP contribution in [0, 0.1) is 0 Å². The van der Waals surface area contributed by atoms with Crippen LogP contribution in [0.15, 0.2) is 24.3 Å². The highest BCUT2D eigenvalue weighted by molar-refractivity contribution is 5.28. The summed E-state index contributed by atoms with van der Waals surface area (Å²) >= 11 is 0. The molecule has 0 radical (unpaired) electrons. The van der Waals surface area contributed by atoms with E-state index in [4.69, 9.17) is 4.74 Å². The Balaban J connectivity index is 2.89. The van der Waals surface area contributed by atoms with Crippen LogP contribution in [0.1, 0.15) is 38.1 Å². The monoisotopic (exact) mass is 207 g/mol. The van der Waals surface area contributed by atoms with Crippen molar-refractivity contribution >= 4 is 0 Å². The fourth-order valence-electron chi connectivity index (χ4n) is 1.58. The maximum absolute atomic E-state index is 5.30. The fraction of sp³-hybridized carbons (Fsp3) is 0.538. The molecule has 1 rings (SSSR count). The summed E-state index contributed by atoms with van der Waals surface area (Å²) in [5, 5.41) is 3.10. The lowest BCUT2D eigenvalue weighted by atomic mass is 9.86. The van der Waals surface area contributed by atoms with E-state index in [9.17, 15) is 0 Å². The van der Waals surface area contributed by atoms with E-state index in [1.165, 1.54) is 5.56 Å². The number of ether oxygens (including phenoxy) is 1. The second kappa shape index (κ2) is 4.77. The number of benzene rings is 1. The third-order valence-corrected chi connectivity index (χ3v) is 2.58. The van der Waals surface area contributed by atoms with Gasteiger partial charge in [-0.2, -0.15) is 0 Å². The lowest BCUT2D eigenvalue weighted by molar-refractivity contribution is 0.0809. The summed E-state index contributed by atoms with van der Waals surface area (Å²) in [5.74, 6) is 0. The number of methoxy groups -OCH3 is 1. The maximum atomic E-state index is 5.30. The maximum Gasteiger partial charge on any atom is 0.133 e. The van der Waals surface area contributed by atoms with Gasteiger partial charge in [-0.25, -0.2) is 0 Å². The lowest BCUT2D eigenvalue weighted by Crippen LogP contribution is -2.18. The zero-order valence-electron chi connectivity index (χ0n) is 10.3. The zero-order chi connectivity index (χ0) is 11.5. The molecule has 2 nitrogen and oxygen atoms in total. The van der Waals surface area contributed by atoms with Gasteiger partial charge >= 0.3 is 0 Å².